The molecule has 0 aliphatic carbocycles. The van der Waals surface area contributed by atoms with Crippen LogP contribution in [-0.4, -0.2) is 9.55 Å². The van der Waals surface area contributed by atoms with Crippen molar-refractivity contribution >= 4 is 106 Å². The van der Waals surface area contributed by atoms with E-state index in [-0.39, 0.29) is 0 Å². The minimum absolute atomic E-state index is 1.02. The molecule has 0 N–H and O–H groups in total. The lowest BCUT2D eigenvalue weighted by molar-refractivity contribution is 1.18. The van der Waals surface area contributed by atoms with Gasteiger partial charge in [0.1, 0.15) is 0 Å². The molecular weight excluding hydrogens is 681 g/mol. The molecule has 0 amide bonds. The van der Waals surface area contributed by atoms with Gasteiger partial charge >= 0.3 is 0 Å². The third-order valence-electron chi connectivity index (χ3n) is 11.0. The van der Waals surface area contributed by atoms with Crippen molar-refractivity contribution in [1.29, 1.82) is 0 Å². The molecule has 0 radical (unpaired) electrons. The molecule has 4 heterocycles. The molecule has 4 heteroatoms. The van der Waals surface area contributed by atoms with E-state index < -0.39 is 0 Å². The number of thiophene rings is 2. The number of benzene rings is 8. The van der Waals surface area contributed by atoms with Gasteiger partial charge in [-0.2, -0.15) is 0 Å². The van der Waals surface area contributed by atoms with Gasteiger partial charge in [-0.3, -0.25) is 0 Å². The topological polar surface area (TPSA) is 17.8 Å². The Labute approximate surface area is 312 Å². The van der Waals surface area contributed by atoms with Crippen LogP contribution in [0.4, 0.5) is 0 Å². The van der Waals surface area contributed by atoms with E-state index in [2.05, 4.69) is 174 Å². The second kappa shape index (κ2) is 11.1. The highest BCUT2D eigenvalue weighted by Gasteiger charge is 2.22. The molecule has 0 unspecified atom stereocenters. The number of rotatable bonds is 3. The Morgan fingerprint density at radius 1 is 0.396 bits per heavy atom. The van der Waals surface area contributed by atoms with Gasteiger partial charge in [-0.15, -0.1) is 22.7 Å². The number of pyridine rings is 1. The highest BCUT2D eigenvalue weighted by Crippen LogP contribution is 2.49. The lowest BCUT2D eigenvalue weighted by Crippen LogP contribution is -1.93. The minimum Gasteiger partial charge on any atom is -0.309 e. The quantitative estimate of drug-likeness (QED) is 0.167. The van der Waals surface area contributed by atoms with Crippen molar-refractivity contribution < 1.29 is 0 Å². The lowest BCUT2D eigenvalue weighted by atomic mass is 9.91. The van der Waals surface area contributed by atoms with Crippen molar-refractivity contribution in [2.45, 2.75) is 0 Å². The van der Waals surface area contributed by atoms with Crippen molar-refractivity contribution in [3.8, 4) is 28.1 Å². The predicted molar refractivity (Wildman–Crippen MR) is 230 cm³/mol. The SMILES string of the molecule is c1ccc(-n2c3ccccc3c3cc(-c4cc5c(-c6ccc7sc8ccccc8c7c6)nc6ccccc6c5c5c4sc4ccccc45)ccc32)cc1. The summed E-state index contributed by atoms with van der Waals surface area (Å²) in [4.78, 5) is 5.48. The van der Waals surface area contributed by atoms with E-state index in [4.69, 9.17) is 4.98 Å². The van der Waals surface area contributed by atoms with Gasteiger partial charge in [-0.05, 0) is 72.3 Å². The molecule has 4 aromatic heterocycles. The van der Waals surface area contributed by atoms with E-state index in [9.17, 15) is 0 Å². The van der Waals surface area contributed by atoms with Gasteiger partial charge in [0, 0.05) is 84.1 Å². The number of nitrogens with zero attached hydrogens (tertiary/aromatic N) is 2. The number of para-hydroxylation sites is 3. The first kappa shape index (κ1) is 29.3. The maximum atomic E-state index is 5.48. The summed E-state index contributed by atoms with van der Waals surface area (Å²) in [6, 6.07) is 62.2. The zero-order valence-corrected chi connectivity index (χ0v) is 30.0. The summed E-state index contributed by atoms with van der Waals surface area (Å²) in [5.41, 5.74) is 9.23. The highest BCUT2D eigenvalue weighted by molar-refractivity contribution is 7.26. The van der Waals surface area contributed by atoms with Crippen molar-refractivity contribution in [3.05, 3.63) is 170 Å². The van der Waals surface area contributed by atoms with Gasteiger partial charge in [0.05, 0.1) is 22.2 Å². The highest BCUT2D eigenvalue weighted by atomic mass is 32.1. The summed E-state index contributed by atoms with van der Waals surface area (Å²) < 4.78 is 7.61. The fourth-order valence-electron chi connectivity index (χ4n) is 8.63. The van der Waals surface area contributed by atoms with E-state index in [1.165, 1.54) is 95.1 Å². The fraction of sp³-hybridized carbons (Fsp3) is 0. The Morgan fingerprint density at radius 3 is 1.91 bits per heavy atom. The monoisotopic (exact) mass is 708 g/mol. The van der Waals surface area contributed by atoms with Gasteiger partial charge in [0.15, 0.2) is 0 Å². The van der Waals surface area contributed by atoms with Crippen LogP contribution in [0.1, 0.15) is 0 Å². The number of hydrogen-bond donors (Lipinski definition) is 0. The first-order chi connectivity index (χ1) is 26.3. The van der Waals surface area contributed by atoms with Crippen LogP contribution in [0.25, 0.3) is 112 Å². The molecule has 0 aliphatic rings. The first-order valence-corrected chi connectivity index (χ1v) is 19.6. The Balaban J connectivity index is 1.21. The third-order valence-corrected chi connectivity index (χ3v) is 13.3. The third kappa shape index (κ3) is 4.22. The molecule has 0 saturated heterocycles. The molecule has 53 heavy (non-hydrogen) atoms. The maximum Gasteiger partial charge on any atom is 0.0788 e. The van der Waals surface area contributed by atoms with Crippen LogP contribution in [0, 0.1) is 0 Å². The molecule has 0 fully saturated rings. The molecule has 8 aromatic carbocycles. The van der Waals surface area contributed by atoms with Crippen LogP contribution in [0.3, 0.4) is 0 Å². The zero-order valence-electron chi connectivity index (χ0n) is 28.4. The van der Waals surface area contributed by atoms with E-state index >= 15 is 0 Å². The van der Waals surface area contributed by atoms with E-state index in [0.29, 0.717) is 0 Å². The first-order valence-electron chi connectivity index (χ1n) is 18.0. The zero-order chi connectivity index (χ0) is 34.6. The van der Waals surface area contributed by atoms with Crippen LogP contribution in [0.15, 0.2) is 170 Å². The van der Waals surface area contributed by atoms with Crippen LogP contribution >= 0.6 is 22.7 Å². The molecule has 0 saturated carbocycles. The van der Waals surface area contributed by atoms with Crippen LogP contribution < -0.4 is 0 Å². The predicted octanol–water partition coefficient (Wildman–Crippen LogP) is 14.6. The molecule has 0 aliphatic heterocycles. The summed E-state index contributed by atoms with van der Waals surface area (Å²) >= 11 is 3.76. The lowest BCUT2D eigenvalue weighted by Gasteiger charge is -2.15. The van der Waals surface area contributed by atoms with Crippen LogP contribution in [-0.2, 0) is 0 Å². The smallest absolute Gasteiger partial charge is 0.0788 e. The minimum atomic E-state index is 1.02. The molecular formula is C49H28N2S2. The second-order valence-electron chi connectivity index (χ2n) is 13.9. The summed E-state index contributed by atoms with van der Waals surface area (Å²) in [6.07, 6.45) is 0. The molecule has 2 nitrogen and oxygen atoms in total. The maximum absolute atomic E-state index is 5.48. The second-order valence-corrected chi connectivity index (χ2v) is 16.0. The van der Waals surface area contributed by atoms with Gasteiger partial charge in [-0.1, -0.05) is 103 Å². The molecule has 12 rings (SSSR count). The molecule has 0 atom stereocenters. The molecule has 12 aromatic rings. The molecule has 246 valence electrons. The largest absolute Gasteiger partial charge is 0.309 e. The van der Waals surface area contributed by atoms with Crippen LogP contribution in [0.5, 0.6) is 0 Å². The Morgan fingerprint density at radius 2 is 1.04 bits per heavy atom. The van der Waals surface area contributed by atoms with Crippen molar-refractivity contribution in [2.75, 3.05) is 0 Å². The number of aromatic nitrogens is 2. The van der Waals surface area contributed by atoms with Gasteiger partial charge < -0.3 is 4.57 Å². The van der Waals surface area contributed by atoms with Gasteiger partial charge in [0.2, 0.25) is 0 Å². The normalized spacial score (nSPS) is 12.2. The number of fused-ring (bicyclic) bond motifs is 13. The summed E-state index contributed by atoms with van der Waals surface area (Å²) in [6.45, 7) is 0. The standard InChI is InChI=1S/C49H28N2S2/c1-2-12-31(13-3-1)51-41-19-9-5-14-32(41)37-26-29(22-24-42(37)51)36-28-39-46(47-35-17-7-11-21-44(35)53-49(36)47)34-16-4-8-18-40(34)50-48(39)30-23-25-45-38(27-30)33-15-6-10-20-43(33)52-45/h1-28H. The Bertz CT molecular complexity index is 3460. The average molecular weight is 709 g/mol. The van der Waals surface area contributed by atoms with Gasteiger partial charge in [0.25, 0.3) is 0 Å². The summed E-state index contributed by atoms with van der Waals surface area (Å²) in [5.74, 6) is 0. The summed E-state index contributed by atoms with van der Waals surface area (Å²) in [5, 5.41) is 11.3. The van der Waals surface area contributed by atoms with E-state index in [1.807, 2.05) is 22.7 Å². The number of hydrogen-bond acceptors (Lipinski definition) is 3. The van der Waals surface area contributed by atoms with Crippen LogP contribution in [0.2, 0.25) is 0 Å². The molecule has 0 spiro atoms. The summed E-state index contributed by atoms with van der Waals surface area (Å²) in [7, 11) is 0. The fourth-order valence-corrected chi connectivity index (χ4v) is 11.0. The van der Waals surface area contributed by atoms with E-state index in [1.54, 1.807) is 0 Å². The molecule has 0 bridgehead atoms. The van der Waals surface area contributed by atoms with Gasteiger partial charge in [-0.25, -0.2) is 4.98 Å². The van der Waals surface area contributed by atoms with E-state index in [0.717, 1.165) is 16.8 Å². The Hall–Kier alpha value is -6.33. The van der Waals surface area contributed by atoms with Crippen molar-refractivity contribution in [3.63, 3.8) is 0 Å². The average Bonchev–Trinajstić information content (AvgIpc) is 3.90. The van der Waals surface area contributed by atoms with Crippen molar-refractivity contribution in [1.82, 2.24) is 9.55 Å². The van der Waals surface area contributed by atoms with Crippen molar-refractivity contribution in [2.24, 2.45) is 0 Å². The Kier molecular flexibility index (Phi) is 6.12.